The molecule has 0 atom stereocenters. The van der Waals surface area contributed by atoms with Crippen LogP contribution in [0.2, 0.25) is 0 Å². The fourth-order valence-electron chi connectivity index (χ4n) is 1.67. The molecule has 0 amide bonds. The van der Waals surface area contributed by atoms with Crippen molar-refractivity contribution in [1.82, 2.24) is 0 Å². The number of hydrogen-bond donors (Lipinski definition) is 0. The van der Waals surface area contributed by atoms with Crippen LogP contribution in [0.1, 0.15) is 50.7 Å². The monoisotopic (exact) mass is 382 g/mol. The number of unbranched alkanes of at least 4 members (excludes halogenated alkanes) is 2. The van der Waals surface area contributed by atoms with Gasteiger partial charge in [-0.15, -0.1) is 0 Å². The zero-order chi connectivity index (χ0) is 20.7. The fourth-order valence-corrected chi connectivity index (χ4v) is 1.67. The average Bonchev–Trinajstić information content (AvgIpc) is 2.65. The Morgan fingerprint density at radius 3 is 1.93 bits per heavy atom. The summed E-state index contributed by atoms with van der Waals surface area (Å²) < 4.78 is 36.0. The Morgan fingerprint density at radius 2 is 1.48 bits per heavy atom. The van der Waals surface area contributed by atoms with Crippen molar-refractivity contribution >= 4 is 18.0 Å². The summed E-state index contributed by atoms with van der Waals surface area (Å²) in [5.41, 5.74) is 0.265. The zero-order valence-electron chi connectivity index (χ0n) is 16.2. The lowest BCUT2D eigenvalue weighted by atomic mass is 10.1. The summed E-state index contributed by atoms with van der Waals surface area (Å²) in [5.74, 6) is -2.10. The van der Waals surface area contributed by atoms with E-state index in [4.69, 9.17) is 4.74 Å². The highest BCUT2D eigenvalue weighted by Gasteiger charge is 2.05. The minimum atomic E-state index is -0.631. The number of hydrogen-bond acceptors (Lipinski definition) is 4. The summed E-state index contributed by atoms with van der Waals surface area (Å²) in [7, 11) is 0. The molecule has 0 radical (unpaired) electrons. The van der Waals surface area contributed by atoms with Crippen molar-refractivity contribution in [2.75, 3.05) is 13.2 Å². The molecule has 4 nitrogen and oxygen atoms in total. The van der Waals surface area contributed by atoms with E-state index in [9.17, 15) is 18.4 Å². The van der Waals surface area contributed by atoms with Gasteiger partial charge in [0.05, 0.1) is 13.2 Å². The van der Waals surface area contributed by atoms with Gasteiger partial charge in [0.1, 0.15) is 11.6 Å². The maximum Gasteiger partial charge on any atom is 0.330 e. The number of carbonyl (C=O) groups excluding carboxylic acids is 2. The van der Waals surface area contributed by atoms with E-state index in [0.717, 1.165) is 25.7 Å². The Hall–Kier alpha value is -2.50. The second-order valence-electron chi connectivity index (χ2n) is 5.69. The Balaban J connectivity index is 0.000000636. The zero-order valence-corrected chi connectivity index (χ0v) is 16.2. The van der Waals surface area contributed by atoms with Gasteiger partial charge >= 0.3 is 11.9 Å². The number of carbonyl (C=O) groups is 2. The molecule has 0 aliphatic heterocycles. The maximum atomic E-state index is 13.2. The van der Waals surface area contributed by atoms with E-state index in [-0.39, 0.29) is 11.5 Å². The molecule has 0 unspecified atom stereocenters. The van der Waals surface area contributed by atoms with E-state index in [1.165, 1.54) is 37.3 Å². The van der Waals surface area contributed by atoms with Gasteiger partial charge in [-0.3, -0.25) is 0 Å². The quantitative estimate of drug-likeness (QED) is 0.337. The third-order valence-electron chi connectivity index (χ3n) is 3.37. The number of halogens is 2. The predicted octanol–water partition coefficient (Wildman–Crippen LogP) is 5.15. The second-order valence-corrected chi connectivity index (χ2v) is 5.69. The number of rotatable bonds is 9. The number of benzene rings is 1. The van der Waals surface area contributed by atoms with Crippen LogP contribution in [0.5, 0.6) is 0 Å². The Kier molecular flexibility index (Phi) is 13.3. The molecule has 0 saturated heterocycles. The predicted molar refractivity (Wildman–Crippen MR) is 102 cm³/mol. The molecular weight excluding hydrogens is 354 g/mol. The first-order valence-electron chi connectivity index (χ1n) is 8.95. The van der Waals surface area contributed by atoms with Crippen molar-refractivity contribution < 1.29 is 27.8 Å². The van der Waals surface area contributed by atoms with Crippen molar-refractivity contribution in [3.05, 3.63) is 53.6 Å². The average molecular weight is 382 g/mol. The van der Waals surface area contributed by atoms with Crippen molar-refractivity contribution in [3.8, 4) is 0 Å². The smallest absolute Gasteiger partial charge is 0.330 e. The van der Waals surface area contributed by atoms with Gasteiger partial charge in [0.25, 0.3) is 0 Å². The molecule has 6 heteroatoms. The number of esters is 2. The molecule has 0 N–H and O–H groups in total. The van der Waals surface area contributed by atoms with E-state index in [1.807, 2.05) is 13.8 Å². The number of ether oxygens (including phenoxy) is 2. The van der Waals surface area contributed by atoms with Crippen LogP contribution >= 0.6 is 0 Å². The van der Waals surface area contributed by atoms with Crippen LogP contribution in [0.15, 0.2) is 30.9 Å². The van der Waals surface area contributed by atoms with Crippen LogP contribution in [0.4, 0.5) is 8.78 Å². The second kappa shape index (κ2) is 14.6. The van der Waals surface area contributed by atoms with Crippen LogP contribution in [0, 0.1) is 18.6 Å². The molecule has 0 spiro atoms. The summed E-state index contributed by atoms with van der Waals surface area (Å²) in [5, 5.41) is 0. The highest BCUT2D eigenvalue weighted by molar-refractivity contribution is 5.87. The summed E-state index contributed by atoms with van der Waals surface area (Å²) in [6.07, 6.45) is 7.39. The Bertz CT molecular complexity index is 616. The van der Waals surface area contributed by atoms with E-state index >= 15 is 0 Å². The third kappa shape index (κ3) is 11.7. The molecule has 1 aromatic carbocycles. The van der Waals surface area contributed by atoms with Crippen LogP contribution in [0.25, 0.3) is 6.08 Å². The molecule has 0 aromatic heterocycles. The van der Waals surface area contributed by atoms with Crippen molar-refractivity contribution in [2.45, 2.75) is 46.5 Å². The molecule has 1 aromatic rings. The van der Waals surface area contributed by atoms with Crippen LogP contribution in [-0.2, 0) is 19.1 Å². The van der Waals surface area contributed by atoms with Crippen molar-refractivity contribution in [3.63, 3.8) is 0 Å². The Labute approximate surface area is 159 Å². The molecule has 0 bridgehead atoms. The molecule has 0 aliphatic carbocycles. The molecule has 1 rings (SSSR count). The largest absolute Gasteiger partial charge is 0.463 e. The molecule has 0 saturated carbocycles. The van der Waals surface area contributed by atoms with Gasteiger partial charge in [-0.25, -0.2) is 18.4 Å². The first-order valence-corrected chi connectivity index (χ1v) is 8.95. The highest BCUT2D eigenvalue weighted by Crippen LogP contribution is 2.15. The lowest BCUT2D eigenvalue weighted by Gasteiger charge is -2.01. The highest BCUT2D eigenvalue weighted by atomic mass is 19.1. The lowest BCUT2D eigenvalue weighted by molar-refractivity contribution is -0.138. The summed E-state index contributed by atoms with van der Waals surface area (Å²) in [4.78, 5) is 21.6. The minimum absolute atomic E-state index is 0.0299. The molecule has 27 heavy (non-hydrogen) atoms. The lowest BCUT2D eigenvalue weighted by Crippen LogP contribution is -2.01. The molecule has 0 aliphatic rings. The van der Waals surface area contributed by atoms with Crippen molar-refractivity contribution in [2.24, 2.45) is 0 Å². The van der Waals surface area contributed by atoms with Gasteiger partial charge in [-0.05, 0) is 43.5 Å². The Morgan fingerprint density at radius 1 is 1.00 bits per heavy atom. The van der Waals surface area contributed by atoms with Gasteiger partial charge in [-0.2, -0.15) is 0 Å². The minimum Gasteiger partial charge on any atom is -0.463 e. The van der Waals surface area contributed by atoms with Gasteiger partial charge in [-0.1, -0.05) is 33.3 Å². The van der Waals surface area contributed by atoms with Gasteiger partial charge in [0.2, 0.25) is 0 Å². The van der Waals surface area contributed by atoms with E-state index in [0.29, 0.717) is 18.8 Å². The molecule has 150 valence electrons. The van der Waals surface area contributed by atoms with Crippen molar-refractivity contribution in [1.29, 1.82) is 0 Å². The van der Waals surface area contributed by atoms with Crippen LogP contribution < -0.4 is 0 Å². The first kappa shape index (κ1) is 24.5. The molecular formula is C21H28F2O4. The molecule has 0 fully saturated rings. The summed E-state index contributed by atoms with van der Waals surface area (Å²) in [6, 6.07) is 2.35. The van der Waals surface area contributed by atoms with Crippen LogP contribution in [-0.4, -0.2) is 25.2 Å². The summed E-state index contributed by atoms with van der Waals surface area (Å²) >= 11 is 0. The topological polar surface area (TPSA) is 52.6 Å². The van der Waals surface area contributed by atoms with E-state index in [1.54, 1.807) is 0 Å². The van der Waals surface area contributed by atoms with Gasteiger partial charge < -0.3 is 9.47 Å². The normalized spacial score (nSPS) is 10.1. The van der Waals surface area contributed by atoms with Gasteiger partial charge in [0, 0.05) is 17.7 Å². The SMILES string of the molecule is C=CC(=O)OCCCC.CCCCOC(=O)C=Cc1cc(F)c(C)c(F)c1. The summed E-state index contributed by atoms with van der Waals surface area (Å²) in [6.45, 7) is 9.53. The van der Waals surface area contributed by atoms with Crippen LogP contribution in [0.3, 0.4) is 0 Å². The standard InChI is InChI=1S/C14H16F2O2.C7H12O2/c1-3-4-7-18-14(17)6-5-11-8-12(15)10(2)13(16)9-11;1-3-5-6-9-7(8)4-2/h5-6,8-9H,3-4,7H2,1-2H3;4H,2-3,5-6H2,1H3. The van der Waals surface area contributed by atoms with Gasteiger partial charge in [0.15, 0.2) is 0 Å². The fraction of sp³-hybridized carbons (Fsp3) is 0.429. The maximum absolute atomic E-state index is 13.2. The third-order valence-corrected chi connectivity index (χ3v) is 3.37. The first-order chi connectivity index (χ1) is 12.8. The molecule has 0 heterocycles. The van der Waals surface area contributed by atoms with E-state index < -0.39 is 17.6 Å². The van der Waals surface area contributed by atoms with E-state index in [2.05, 4.69) is 11.3 Å².